The van der Waals surface area contributed by atoms with Gasteiger partial charge in [0, 0.05) is 5.54 Å². The van der Waals surface area contributed by atoms with Crippen molar-refractivity contribution in [2.75, 3.05) is 13.1 Å². The normalized spacial score (nSPS) is 17.0. The van der Waals surface area contributed by atoms with E-state index in [0.717, 1.165) is 6.54 Å². The molecule has 0 radical (unpaired) electrons. The predicted octanol–water partition coefficient (Wildman–Crippen LogP) is 2.91. The molecular formula is C16H29N3O2. The smallest absolute Gasteiger partial charge is 0.410 e. The molecule has 0 aliphatic heterocycles. The van der Waals surface area contributed by atoms with Gasteiger partial charge in [0.2, 0.25) is 0 Å². The molecule has 1 aliphatic carbocycles. The molecule has 0 saturated heterocycles. The molecular weight excluding hydrogens is 266 g/mol. The lowest BCUT2D eigenvalue weighted by Gasteiger charge is -2.37. The van der Waals surface area contributed by atoms with Crippen molar-refractivity contribution < 1.29 is 9.53 Å². The van der Waals surface area contributed by atoms with Crippen LogP contribution in [0.25, 0.3) is 0 Å². The van der Waals surface area contributed by atoms with Gasteiger partial charge in [-0.05, 0) is 66.8 Å². The topological polar surface area (TPSA) is 65.4 Å². The molecule has 0 aromatic carbocycles. The summed E-state index contributed by atoms with van der Waals surface area (Å²) < 4.78 is 5.46. The van der Waals surface area contributed by atoms with E-state index in [1.807, 2.05) is 41.5 Å². The fourth-order valence-corrected chi connectivity index (χ4v) is 1.90. The Hall–Kier alpha value is -1.28. The van der Waals surface area contributed by atoms with Gasteiger partial charge in [0.05, 0.1) is 12.6 Å². The molecule has 0 aromatic heterocycles. The van der Waals surface area contributed by atoms with E-state index < -0.39 is 11.1 Å². The fraction of sp³-hybridized carbons (Fsp3) is 0.875. The zero-order chi connectivity index (χ0) is 16.3. The van der Waals surface area contributed by atoms with Gasteiger partial charge in [-0.15, -0.1) is 0 Å². The molecule has 1 atom stereocenters. The Labute approximate surface area is 128 Å². The second-order valence-corrected chi connectivity index (χ2v) is 7.80. The lowest BCUT2D eigenvalue weighted by Crippen LogP contribution is -2.53. The molecule has 21 heavy (non-hydrogen) atoms. The highest BCUT2D eigenvalue weighted by molar-refractivity contribution is 5.69. The second kappa shape index (κ2) is 6.65. The Balaban J connectivity index is 2.67. The van der Waals surface area contributed by atoms with E-state index in [9.17, 15) is 10.1 Å². The fourth-order valence-electron chi connectivity index (χ4n) is 1.90. The van der Waals surface area contributed by atoms with Crippen molar-refractivity contribution in [3.63, 3.8) is 0 Å². The minimum absolute atomic E-state index is 0.335. The van der Waals surface area contributed by atoms with Gasteiger partial charge in [-0.1, -0.05) is 0 Å². The van der Waals surface area contributed by atoms with Gasteiger partial charge in [-0.2, -0.15) is 5.26 Å². The van der Waals surface area contributed by atoms with Crippen LogP contribution < -0.4 is 5.32 Å². The van der Waals surface area contributed by atoms with Gasteiger partial charge < -0.3 is 15.0 Å². The molecule has 5 nitrogen and oxygen atoms in total. The minimum atomic E-state index is -0.538. The van der Waals surface area contributed by atoms with Crippen molar-refractivity contribution >= 4 is 6.09 Å². The summed E-state index contributed by atoms with van der Waals surface area (Å²) in [5, 5.41) is 12.5. The molecule has 1 saturated carbocycles. The van der Waals surface area contributed by atoms with Crippen LogP contribution in [0.5, 0.6) is 0 Å². The molecule has 5 heteroatoms. The Morgan fingerprint density at radius 3 is 2.29 bits per heavy atom. The summed E-state index contributed by atoms with van der Waals surface area (Å²) in [5.41, 5.74) is -0.928. The van der Waals surface area contributed by atoms with E-state index in [-0.39, 0.29) is 12.1 Å². The first-order chi connectivity index (χ1) is 9.53. The Morgan fingerprint density at radius 2 is 1.90 bits per heavy atom. The van der Waals surface area contributed by atoms with Crippen LogP contribution in [0, 0.1) is 17.2 Å². The van der Waals surface area contributed by atoms with Gasteiger partial charge >= 0.3 is 6.09 Å². The lowest BCUT2D eigenvalue weighted by atomic mass is 10.1. The number of amides is 1. The highest BCUT2D eigenvalue weighted by Crippen LogP contribution is 2.27. The van der Waals surface area contributed by atoms with Crippen molar-refractivity contribution in [3.8, 4) is 6.07 Å². The maximum absolute atomic E-state index is 12.4. The molecule has 0 spiro atoms. The van der Waals surface area contributed by atoms with Gasteiger partial charge in [0.1, 0.15) is 11.6 Å². The average molecular weight is 295 g/mol. The molecule has 1 amide bonds. The number of nitrogens with zero attached hydrogens (tertiary/aromatic N) is 2. The van der Waals surface area contributed by atoms with Crippen LogP contribution in [0.3, 0.4) is 0 Å². The molecule has 1 fully saturated rings. The highest BCUT2D eigenvalue weighted by atomic mass is 16.6. The van der Waals surface area contributed by atoms with E-state index in [0.29, 0.717) is 12.5 Å². The second-order valence-electron chi connectivity index (χ2n) is 7.80. The molecule has 0 heterocycles. The largest absolute Gasteiger partial charge is 0.444 e. The Morgan fingerprint density at radius 1 is 1.33 bits per heavy atom. The third-order valence-corrected chi connectivity index (χ3v) is 3.29. The van der Waals surface area contributed by atoms with E-state index in [4.69, 9.17) is 4.74 Å². The van der Waals surface area contributed by atoms with Crippen molar-refractivity contribution in [1.82, 2.24) is 10.2 Å². The number of carbonyl (C=O) groups is 1. The third kappa shape index (κ3) is 6.81. The molecule has 1 aliphatic rings. The third-order valence-electron chi connectivity index (χ3n) is 3.29. The van der Waals surface area contributed by atoms with E-state index in [1.165, 1.54) is 12.8 Å². The minimum Gasteiger partial charge on any atom is -0.444 e. The van der Waals surface area contributed by atoms with E-state index >= 15 is 0 Å². The first kappa shape index (κ1) is 17.8. The van der Waals surface area contributed by atoms with Crippen LogP contribution in [0.4, 0.5) is 4.79 Å². The van der Waals surface area contributed by atoms with Crippen LogP contribution in [0.1, 0.15) is 54.4 Å². The van der Waals surface area contributed by atoms with Crippen molar-refractivity contribution in [1.29, 1.82) is 5.26 Å². The maximum atomic E-state index is 12.4. The number of nitrogens with one attached hydrogen (secondary N) is 1. The SMILES string of the molecule is CC(C)(C)OC(=O)N(CC(C#N)NCC1CC1)C(C)(C)C. The van der Waals surface area contributed by atoms with Crippen LogP contribution in [0.2, 0.25) is 0 Å². The summed E-state index contributed by atoms with van der Waals surface area (Å²) >= 11 is 0. The predicted molar refractivity (Wildman–Crippen MR) is 82.8 cm³/mol. The first-order valence-corrected chi connectivity index (χ1v) is 7.66. The van der Waals surface area contributed by atoms with E-state index in [2.05, 4.69) is 11.4 Å². The summed E-state index contributed by atoms with van der Waals surface area (Å²) in [6.07, 6.45) is 2.10. The van der Waals surface area contributed by atoms with Crippen LogP contribution in [0.15, 0.2) is 0 Å². The summed E-state index contributed by atoms with van der Waals surface area (Å²) in [6.45, 7) is 12.6. The van der Waals surface area contributed by atoms with Crippen molar-refractivity contribution in [2.45, 2.75) is 71.6 Å². The first-order valence-electron chi connectivity index (χ1n) is 7.66. The average Bonchev–Trinajstić information content (AvgIpc) is 3.08. The van der Waals surface area contributed by atoms with Crippen LogP contribution in [-0.2, 0) is 4.74 Å². The maximum Gasteiger partial charge on any atom is 0.410 e. The van der Waals surface area contributed by atoms with Crippen molar-refractivity contribution in [2.24, 2.45) is 5.92 Å². The summed E-state index contributed by atoms with van der Waals surface area (Å²) in [4.78, 5) is 14.0. The van der Waals surface area contributed by atoms with Crippen LogP contribution in [-0.4, -0.2) is 41.3 Å². The Bertz CT molecular complexity index is 397. The lowest BCUT2D eigenvalue weighted by molar-refractivity contribution is 0.00507. The Kier molecular flexibility index (Phi) is 5.63. The summed E-state index contributed by atoms with van der Waals surface area (Å²) in [7, 11) is 0. The molecule has 1 rings (SSSR count). The van der Waals surface area contributed by atoms with E-state index in [1.54, 1.807) is 4.90 Å². The number of hydrogen-bond donors (Lipinski definition) is 1. The number of rotatable bonds is 5. The van der Waals surface area contributed by atoms with Gasteiger partial charge in [-0.25, -0.2) is 4.79 Å². The number of ether oxygens (including phenoxy) is 1. The van der Waals surface area contributed by atoms with Crippen molar-refractivity contribution in [3.05, 3.63) is 0 Å². The van der Waals surface area contributed by atoms with Gasteiger partial charge in [0.25, 0.3) is 0 Å². The molecule has 120 valence electrons. The number of hydrogen-bond acceptors (Lipinski definition) is 4. The van der Waals surface area contributed by atoms with Gasteiger partial charge in [0.15, 0.2) is 0 Å². The quantitative estimate of drug-likeness (QED) is 0.847. The molecule has 1 unspecified atom stereocenters. The zero-order valence-corrected chi connectivity index (χ0v) is 14.2. The standard InChI is InChI=1S/C16H29N3O2/c1-15(2,3)19(14(20)21-16(4,5)6)11-13(9-17)18-10-12-7-8-12/h12-13,18H,7-8,10-11H2,1-6H3. The highest BCUT2D eigenvalue weighted by Gasteiger charge is 2.33. The zero-order valence-electron chi connectivity index (χ0n) is 14.2. The molecule has 0 aromatic rings. The number of nitriles is 1. The summed E-state index contributed by atoms with van der Waals surface area (Å²) in [5.74, 6) is 0.700. The molecule has 1 N–H and O–H groups in total. The monoisotopic (exact) mass is 295 g/mol. The summed E-state index contributed by atoms with van der Waals surface area (Å²) in [6, 6.07) is 1.88. The van der Waals surface area contributed by atoms with Gasteiger partial charge in [-0.3, -0.25) is 0 Å². The number of carbonyl (C=O) groups excluding carboxylic acids is 1. The van der Waals surface area contributed by atoms with Crippen LogP contribution >= 0.6 is 0 Å². The molecule has 0 bridgehead atoms.